The normalized spacial score (nSPS) is 27.6. The van der Waals surface area contributed by atoms with Crippen LogP contribution in [0.25, 0.3) is 0 Å². The predicted molar refractivity (Wildman–Crippen MR) is 117 cm³/mol. The number of fused-ring (bicyclic) bond motifs is 1. The number of guanidine groups is 1. The smallest absolute Gasteiger partial charge is 0.191 e. The van der Waals surface area contributed by atoms with E-state index in [0.717, 1.165) is 30.3 Å². The highest BCUT2D eigenvalue weighted by Gasteiger charge is 2.59. The van der Waals surface area contributed by atoms with Crippen molar-refractivity contribution >= 4 is 29.9 Å². The number of halogens is 1. The maximum Gasteiger partial charge on any atom is 0.191 e. The summed E-state index contributed by atoms with van der Waals surface area (Å²) >= 11 is 0. The summed E-state index contributed by atoms with van der Waals surface area (Å²) in [6.07, 6.45) is 1.50. The van der Waals surface area contributed by atoms with Crippen molar-refractivity contribution in [2.75, 3.05) is 20.8 Å². The topological polar surface area (TPSA) is 54.9 Å². The minimum absolute atomic E-state index is 0. The largest absolute Gasteiger partial charge is 0.496 e. The summed E-state index contributed by atoms with van der Waals surface area (Å²) in [7, 11) is 3.54. The quantitative estimate of drug-likeness (QED) is 0.398. The Morgan fingerprint density at radius 3 is 2.77 bits per heavy atom. The zero-order valence-electron chi connectivity index (χ0n) is 16.6. The molecular formula is C20H32IN3O2. The van der Waals surface area contributed by atoms with E-state index >= 15 is 0 Å². The van der Waals surface area contributed by atoms with Gasteiger partial charge in [0.25, 0.3) is 0 Å². The van der Waals surface area contributed by atoms with Gasteiger partial charge < -0.3 is 20.1 Å². The second-order valence-electron chi connectivity index (χ2n) is 7.87. The second kappa shape index (κ2) is 8.33. The van der Waals surface area contributed by atoms with Crippen LogP contribution in [-0.4, -0.2) is 38.9 Å². The fourth-order valence-corrected chi connectivity index (χ4v) is 4.41. The van der Waals surface area contributed by atoms with Crippen LogP contribution >= 0.6 is 24.0 Å². The molecule has 0 aromatic heterocycles. The van der Waals surface area contributed by atoms with Gasteiger partial charge in [-0.05, 0) is 26.3 Å². The van der Waals surface area contributed by atoms with E-state index in [9.17, 15) is 0 Å². The summed E-state index contributed by atoms with van der Waals surface area (Å²) in [6.45, 7) is 9.66. The lowest BCUT2D eigenvalue weighted by molar-refractivity contribution is -0.106. The van der Waals surface area contributed by atoms with Gasteiger partial charge in [0.15, 0.2) is 5.96 Å². The molecule has 1 aromatic carbocycles. The van der Waals surface area contributed by atoms with E-state index < -0.39 is 0 Å². The van der Waals surface area contributed by atoms with E-state index in [2.05, 4.69) is 55.5 Å². The molecule has 26 heavy (non-hydrogen) atoms. The van der Waals surface area contributed by atoms with Gasteiger partial charge in [-0.25, -0.2) is 0 Å². The first-order valence-corrected chi connectivity index (χ1v) is 9.14. The number of hydrogen-bond donors (Lipinski definition) is 2. The summed E-state index contributed by atoms with van der Waals surface area (Å²) in [5.41, 5.74) is 2.49. The Morgan fingerprint density at radius 2 is 2.12 bits per heavy atom. The average Bonchev–Trinajstić information content (AvgIpc) is 3.05. The number of methoxy groups -OCH3 is 1. The molecule has 1 aliphatic carbocycles. The summed E-state index contributed by atoms with van der Waals surface area (Å²) in [4.78, 5) is 4.45. The van der Waals surface area contributed by atoms with Gasteiger partial charge in [0, 0.05) is 36.6 Å². The fraction of sp³-hybridized carbons (Fsp3) is 0.650. The van der Waals surface area contributed by atoms with Crippen molar-refractivity contribution in [1.82, 2.24) is 10.6 Å². The van der Waals surface area contributed by atoms with Crippen LogP contribution in [0.5, 0.6) is 5.75 Å². The fourth-order valence-electron chi connectivity index (χ4n) is 4.41. The van der Waals surface area contributed by atoms with Gasteiger partial charge in [0.05, 0.1) is 19.3 Å². The number of hydrogen-bond acceptors (Lipinski definition) is 3. The molecule has 5 nitrogen and oxygen atoms in total. The van der Waals surface area contributed by atoms with Gasteiger partial charge in [-0.1, -0.05) is 31.5 Å². The number of aliphatic imine (C=N–C) groups is 1. The molecule has 6 heteroatoms. The molecule has 0 spiro atoms. The maximum atomic E-state index is 5.89. The number of rotatable bonds is 4. The standard InChI is InChI=1S/C20H31N3O2.HI/c1-12-7-8-16(24-6)15(11-12)13(2)22-19(21-5)23-17-14-9-10-25-18(14)20(17,3)4;/h7-8,11,13-14,17-18H,9-10H2,1-6H3,(H2,21,22,23);1H. The third-order valence-electron chi connectivity index (χ3n) is 5.82. The molecule has 3 rings (SSSR count). The molecule has 2 fully saturated rings. The Labute approximate surface area is 174 Å². The highest BCUT2D eigenvalue weighted by atomic mass is 127. The SMILES string of the molecule is CN=C(NC(C)c1cc(C)ccc1OC)NC1C2CCOC2C1(C)C.I. The summed E-state index contributed by atoms with van der Waals surface area (Å²) in [5, 5.41) is 7.16. The lowest BCUT2D eigenvalue weighted by atomic mass is 9.57. The zero-order chi connectivity index (χ0) is 18.2. The van der Waals surface area contributed by atoms with Crippen LogP contribution in [0.2, 0.25) is 0 Å². The van der Waals surface area contributed by atoms with Gasteiger partial charge >= 0.3 is 0 Å². The third-order valence-corrected chi connectivity index (χ3v) is 5.82. The van der Waals surface area contributed by atoms with Crippen molar-refractivity contribution in [3.05, 3.63) is 29.3 Å². The molecule has 1 saturated heterocycles. The predicted octanol–water partition coefficient (Wildman–Crippen LogP) is 3.66. The molecule has 4 atom stereocenters. The monoisotopic (exact) mass is 473 g/mol. The van der Waals surface area contributed by atoms with Gasteiger partial charge in [-0.15, -0.1) is 24.0 Å². The van der Waals surface area contributed by atoms with E-state index in [1.165, 1.54) is 5.56 Å². The molecule has 1 aromatic rings. The van der Waals surface area contributed by atoms with Gasteiger partial charge in [-0.3, -0.25) is 4.99 Å². The van der Waals surface area contributed by atoms with Crippen molar-refractivity contribution in [2.24, 2.45) is 16.3 Å². The van der Waals surface area contributed by atoms with Crippen LogP contribution in [0.4, 0.5) is 0 Å². The van der Waals surface area contributed by atoms with Gasteiger partial charge in [0.1, 0.15) is 5.75 Å². The molecule has 1 heterocycles. The van der Waals surface area contributed by atoms with Crippen molar-refractivity contribution in [1.29, 1.82) is 0 Å². The van der Waals surface area contributed by atoms with Crippen molar-refractivity contribution < 1.29 is 9.47 Å². The minimum Gasteiger partial charge on any atom is -0.496 e. The molecule has 4 unspecified atom stereocenters. The highest BCUT2D eigenvalue weighted by Crippen LogP contribution is 2.52. The highest BCUT2D eigenvalue weighted by molar-refractivity contribution is 14.0. The average molecular weight is 473 g/mol. The molecule has 146 valence electrons. The number of benzene rings is 1. The van der Waals surface area contributed by atoms with Crippen LogP contribution in [0.3, 0.4) is 0 Å². The van der Waals surface area contributed by atoms with Gasteiger partial charge in [-0.2, -0.15) is 0 Å². The van der Waals surface area contributed by atoms with Gasteiger partial charge in [0.2, 0.25) is 0 Å². The Hall–Kier alpha value is -1.02. The second-order valence-corrected chi connectivity index (χ2v) is 7.87. The van der Waals surface area contributed by atoms with E-state index in [-0.39, 0.29) is 35.4 Å². The van der Waals surface area contributed by atoms with Crippen LogP contribution in [0, 0.1) is 18.3 Å². The number of ether oxygens (including phenoxy) is 2. The molecule has 1 aliphatic heterocycles. The van der Waals surface area contributed by atoms with Crippen molar-refractivity contribution in [2.45, 2.75) is 52.3 Å². The third kappa shape index (κ3) is 3.81. The molecule has 2 aliphatic rings. The first-order valence-electron chi connectivity index (χ1n) is 9.14. The Morgan fingerprint density at radius 1 is 1.38 bits per heavy atom. The summed E-state index contributed by atoms with van der Waals surface area (Å²) < 4.78 is 11.4. The first kappa shape index (κ1) is 21.3. The molecule has 0 bridgehead atoms. The Bertz CT molecular complexity index is 662. The van der Waals surface area contributed by atoms with Crippen LogP contribution in [-0.2, 0) is 4.74 Å². The lowest BCUT2D eigenvalue weighted by Gasteiger charge is -2.55. The summed E-state index contributed by atoms with van der Waals surface area (Å²) in [5.74, 6) is 2.31. The Kier molecular flexibility index (Phi) is 6.82. The van der Waals surface area contributed by atoms with E-state index in [4.69, 9.17) is 9.47 Å². The molecule has 0 radical (unpaired) electrons. The van der Waals surface area contributed by atoms with E-state index in [1.54, 1.807) is 7.11 Å². The first-order chi connectivity index (χ1) is 11.9. The van der Waals surface area contributed by atoms with Crippen LogP contribution in [0.1, 0.15) is 44.4 Å². The van der Waals surface area contributed by atoms with Crippen molar-refractivity contribution in [3.63, 3.8) is 0 Å². The summed E-state index contributed by atoms with van der Waals surface area (Å²) in [6, 6.07) is 6.74. The minimum atomic E-state index is 0. The van der Waals surface area contributed by atoms with Crippen LogP contribution in [0.15, 0.2) is 23.2 Å². The number of nitrogens with zero attached hydrogens (tertiary/aromatic N) is 1. The zero-order valence-corrected chi connectivity index (χ0v) is 19.0. The molecular weight excluding hydrogens is 441 g/mol. The molecule has 0 amide bonds. The number of aryl methyl sites for hydroxylation is 1. The van der Waals surface area contributed by atoms with E-state index in [1.807, 2.05) is 13.1 Å². The van der Waals surface area contributed by atoms with E-state index in [0.29, 0.717) is 18.1 Å². The van der Waals surface area contributed by atoms with Crippen LogP contribution < -0.4 is 15.4 Å². The van der Waals surface area contributed by atoms with Crippen molar-refractivity contribution in [3.8, 4) is 5.75 Å². The molecule has 2 N–H and O–H groups in total. The molecule has 1 saturated carbocycles. The Balaban J connectivity index is 0.00000243. The lowest BCUT2D eigenvalue weighted by Crippen LogP contribution is -2.68. The number of nitrogens with one attached hydrogen (secondary N) is 2. The maximum absolute atomic E-state index is 5.89.